The van der Waals surface area contributed by atoms with E-state index in [-0.39, 0.29) is 102 Å². The Hall–Kier alpha value is -4.82. The molecule has 0 aromatic rings. The predicted molar refractivity (Wildman–Crippen MR) is 278 cm³/mol. The third-order valence-electron chi connectivity index (χ3n) is 14.2. The maximum absolute atomic E-state index is 14.4. The van der Waals surface area contributed by atoms with Gasteiger partial charge in [0, 0.05) is 56.5 Å². The van der Waals surface area contributed by atoms with Crippen molar-refractivity contribution >= 4 is 58.6 Å². The molecule has 1 saturated carbocycles. The van der Waals surface area contributed by atoms with Crippen LogP contribution in [0.15, 0.2) is 0 Å². The van der Waals surface area contributed by atoms with Crippen LogP contribution in [0.1, 0.15) is 137 Å². The molecule has 19 N–H and O–H groups in total. The van der Waals surface area contributed by atoms with Crippen molar-refractivity contribution in [2.24, 2.45) is 64.2 Å². The van der Waals surface area contributed by atoms with Gasteiger partial charge in [-0.1, -0.05) is 33.1 Å². The van der Waals surface area contributed by atoms with Crippen molar-refractivity contribution in [2.45, 2.75) is 192 Å². The van der Waals surface area contributed by atoms with Gasteiger partial charge in [-0.25, -0.2) is 0 Å². The molecule has 13 atom stereocenters. The van der Waals surface area contributed by atoms with E-state index in [0.29, 0.717) is 0 Å². The van der Waals surface area contributed by atoms with Crippen LogP contribution in [0.2, 0.25) is 0 Å². The summed E-state index contributed by atoms with van der Waals surface area (Å²) in [5.41, 5.74) is 29.8. The van der Waals surface area contributed by atoms with Crippen LogP contribution < -0.4 is 60.6 Å². The second-order valence-electron chi connectivity index (χ2n) is 21.1. The van der Waals surface area contributed by atoms with Crippen LogP contribution in [0.4, 0.5) is 0 Å². The van der Waals surface area contributed by atoms with Crippen molar-refractivity contribution in [3.8, 4) is 0 Å². The minimum Gasteiger partial charge on any atom is -0.393 e. The summed E-state index contributed by atoms with van der Waals surface area (Å²) >= 11 is 0. The zero-order chi connectivity index (χ0) is 56.5. The van der Waals surface area contributed by atoms with Crippen LogP contribution in [-0.4, -0.2) is 161 Å². The van der Waals surface area contributed by atoms with Crippen LogP contribution >= 0.6 is 0 Å². The number of hydrogen-bond donors (Lipinski definition) is 14. The number of rotatable bonds is 23. The summed E-state index contributed by atoms with van der Waals surface area (Å²) < 4.78 is 0. The van der Waals surface area contributed by atoms with Crippen LogP contribution in [0.25, 0.3) is 0 Å². The third kappa shape index (κ3) is 22.7. The van der Waals surface area contributed by atoms with Crippen LogP contribution in [0, 0.1) is 35.5 Å². The molecule has 24 nitrogen and oxygen atoms in total. The summed E-state index contributed by atoms with van der Waals surface area (Å²) in [6.07, 6.45) is -1.96. The highest BCUT2D eigenvalue weighted by Gasteiger charge is 2.38. The Morgan fingerprint density at radius 3 is 1.71 bits per heavy atom. The highest BCUT2D eigenvalue weighted by atomic mass is 16.3. The second kappa shape index (κ2) is 34.1. The van der Waals surface area contributed by atoms with Crippen LogP contribution in [0.3, 0.4) is 0 Å². The molecule has 2 fully saturated rings. The summed E-state index contributed by atoms with van der Waals surface area (Å²) in [5, 5.41) is 47.6. The first-order valence-electron chi connectivity index (χ1n) is 26.9. The number of aliphatic hydroxyl groups excluding tert-OH is 3. The van der Waals surface area contributed by atoms with E-state index in [2.05, 4.69) is 31.9 Å². The Kier molecular flexibility index (Phi) is 30.1. The maximum atomic E-state index is 14.4. The summed E-state index contributed by atoms with van der Waals surface area (Å²) in [6.45, 7) is 6.68. The van der Waals surface area contributed by atoms with E-state index in [0.717, 1.165) is 32.1 Å². The molecule has 2 aliphatic rings. The fourth-order valence-electron chi connectivity index (χ4n) is 9.75. The standard InChI is InChI=1S/C51H91N11O13/c1-27(2)21-33-23-43(68)38(11-16-52)58-46(70)32(22-42(67)39(12-17-53)59-49(73)35(28(3)63)24-34(66)25-37(56)31-9-7-6-8-10-31)15-20-57-48(72)36(29(4)64)26-44(69)40(13-18-54)60-50(74)41(14-19-55)61-51(75)45(30(5)65)62-47(33)71/h27-33,35-41,45,63-65H,6-26,52-56H2,1-5H3,(H,57,72)(H,58,70)(H,59,73)(H,60,74)(H,61,75)(H,62,71)/t28?,29?,30?,32-,33+,35+,36+,37?,38+,39+,40+,41+,45+/m1/s1. The Morgan fingerprint density at radius 1 is 0.627 bits per heavy atom. The van der Waals surface area contributed by atoms with Crippen molar-refractivity contribution in [3.63, 3.8) is 0 Å². The van der Waals surface area contributed by atoms with Gasteiger partial charge in [-0.2, -0.15) is 0 Å². The molecule has 0 bridgehead atoms. The molecular formula is C51H91N11O13. The number of Topliss-reactive ketones (excluding diaryl/α,β-unsaturated/α-hetero) is 4. The molecule has 6 amide bonds. The number of ketones is 4. The first-order valence-corrected chi connectivity index (χ1v) is 26.9. The van der Waals surface area contributed by atoms with E-state index >= 15 is 0 Å². The smallest absolute Gasteiger partial charge is 0.245 e. The zero-order valence-electron chi connectivity index (χ0n) is 44.8. The highest BCUT2D eigenvalue weighted by molar-refractivity contribution is 5.98. The van der Waals surface area contributed by atoms with Gasteiger partial charge >= 0.3 is 0 Å². The second-order valence-corrected chi connectivity index (χ2v) is 21.1. The van der Waals surface area contributed by atoms with E-state index in [4.69, 9.17) is 28.7 Å². The number of amides is 6. The molecular weight excluding hydrogens is 975 g/mol. The number of carbonyl (C=O) groups excluding carboxylic acids is 10. The number of carbonyl (C=O) groups is 10. The first-order chi connectivity index (χ1) is 35.4. The number of hydrogen-bond acceptors (Lipinski definition) is 18. The summed E-state index contributed by atoms with van der Waals surface area (Å²) in [4.78, 5) is 139. The fourth-order valence-corrected chi connectivity index (χ4v) is 9.75. The molecule has 1 aliphatic carbocycles. The van der Waals surface area contributed by atoms with Crippen molar-refractivity contribution < 1.29 is 63.3 Å². The third-order valence-corrected chi connectivity index (χ3v) is 14.2. The van der Waals surface area contributed by atoms with E-state index in [9.17, 15) is 63.3 Å². The number of nitrogens with one attached hydrogen (secondary N) is 6. The van der Waals surface area contributed by atoms with Gasteiger partial charge < -0.3 is 75.9 Å². The van der Waals surface area contributed by atoms with Crippen molar-refractivity contribution in [1.82, 2.24) is 31.9 Å². The van der Waals surface area contributed by atoms with Crippen molar-refractivity contribution in [3.05, 3.63) is 0 Å². The lowest BCUT2D eigenvalue weighted by Gasteiger charge is -2.28. The molecule has 4 unspecified atom stereocenters. The largest absolute Gasteiger partial charge is 0.393 e. The monoisotopic (exact) mass is 1070 g/mol. The summed E-state index contributed by atoms with van der Waals surface area (Å²) in [7, 11) is 0. The molecule has 0 aromatic carbocycles. The summed E-state index contributed by atoms with van der Waals surface area (Å²) in [6, 6.07) is -7.36. The molecule has 0 spiro atoms. The lowest BCUT2D eigenvalue weighted by atomic mass is 9.81. The fraction of sp³-hybridized carbons (Fsp3) is 0.804. The van der Waals surface area contributed by atoms with Gasteiger partial charge in [-0.3, -0.25) is 47.9 Å². The van der Waals surface area contributed by atoms with Gasteiger partial charge in [0.2, 0.25) is 35.4 Å². The van der Waals surface area contributed by atoms with Crippen molar-refractivity contribution in [2.75, 3.05) is 32.7 Å². The van der Waals surface area contributed by atoms with Gasteiger partial charge in [0.25, 0.3) is 0 Å². The van der Waals surface area contributed by atoms with E-state index < -0.39 is 150 Å². The number of aliphatic hydroxyl groups is 3. The topological polar surface area (TPSA) is 434 Å². The van der Waals surface area contributed by atoms with Gasteiger partial charge in [-0.05, 0) is 110 Å². The minimum atomic E-state index is -1.65. The lowest BCUT2D eigenvalue weighted by Crippen LogP contribution is -2.59. The van der Waals surface area contributed by atoms with Gasteiger partial charge in [0.05, 0.1) is 48.3 Å². The van der Waals surface area contributed by atoms with Gasteiger partial charge in [-0.15, -0.1) is 0 Å². The SMILES string of the molecule is CC(C)C[C@H]1CC(=O)[C@H](CCN)NC(=O)[C@@H](CC(=O)[C@H](CCN)NC(=O)[C@@H](CC(=O)CC(N)C2CCCCC2)C(C)O)CCNC(=O)[C@H](C(C)O)CC(=O)[C@H](CCN)NC(=O)[C@H](CCN)NC(=O)[C@H](C(C)O)NC1=O. The number of nitrogens with two attached hydrogens (primary N) is 5. The highest BCUT2D eigenvalue weighted by Crippen LogP contribution is 2.28. The van der Waals surface area contributed by atoms with Crippen LogP contribution in [-0.2, 0) is 47.9 Å². The van der Waals surface area contributed by atoms with Crippen LogP contribution in [0.5, 0.6) is 0 Å². The molecule has 2 rings (SSSR count). The van der Waals surface area contributed by atoms with Gasteiger partial charge in [0.1, 0.15) is 17.9 Å². The molecule has 0 aromatic heterocycles. The van der Waals surface area contributed by atoms with Gasteiger partial charge in [0.15, 0.2) is 17.3 Å². The van der Waals surface area contributed by atoms with E-state index in [1.54, 1.807) is 13.8 Å². The lowest BCUT2D eigenvalue weighted by molar-refractivity contribution is -0.138. The predicted octanol–water partition coefficient (Wildman–Crippen LogP) is -2.89. The molecule has 1 heterocycles. The summed E-state index contributed by atoms with van der Waals surface area (Å²) in [5.74, 6) is -12.6. The first kappa shape index (κ1) is 66.3. The average Bonchev–Trinajstić information content (AvgIpc) is 3.34. The molecule has 1 aliphatic heterocycles. The Morgan fingerprint density at radius 2 is 1.17 bits per heavy atom. The Bertz CT molecular complexity index is 1900. The van der Waals surface area contributed by atoms with Crippen molar-refractivity contribution in [1.29, 1.82) is 0 Å². The maximum Gasteiger partial charge on any atom is 0.245 e. The zero-order valence-corrected chi connectivity index (χ0v) is 44.8. The van der Waals surface area contributed by atoms with E-state index in [1.165, 1.54) is 20.8 Å². The molecule has 1 saturated heterocycles. The molecule has 0 radical (unpaired) electrons. The molecule has 428 valence electrons. The molecule has 75 heavy (non-hydrogen) atoms. The minimum absolute atomic E-state index is 0.0123. The van der Waals surface area contributed by atoms with E-state index in [1.807, 2.05) is 0 Å². The quantitative estimate of drug-likeness (QED) is 0.0488. The average molecular weight is 1070 g/mol. The Balaban J connectivity index is 2.61. The normalized spacial score (nSPS) is 26.3. The molecule has 24 heteroatoms. The Labute approximate surface area is 441 Å².